The fraction of sp³-hybridized carbons (Fsp3) is 0.364. The zero-order valence-electron chi connectivity index (χ0n) is 8.95. The van der Waals surface area contributed by atoms with Crippen LogP contribution in [0.1, 0.15) is 12.8 Å². The highest BCUT2D eigenvalue weighted by Gasteiger charge is 2.23. The van der Waals surface area contributed by atoms with Crippen LogP contribution in [0.25, 0.3) is 0 Å². The van der Waals surface area contributed by atoms with Gasteiger partial charge in [0.15, 0.2) is 0 Å². The molecule has 0 radical (unpaired) electrons. The Morgan fingerprint density at radius 3 is 2.47 bits per heavy atom. The molecule has 0 atom stereocenters. The number of ether oxygens (including phenoxy) is 1. The second-order valence-corrected chi connectivity index (χ2v) is 3.78. The minimum Gasteiger partial charge on any atom is -0.435 e. The SMILES string of the molecule is O=C(Nc1ccc(OC(F)F)cc1)NC1CC1. The molecular formula is C11H12F2N2O2. The van der Waals surface area contributed by atoms with Gasteiger partial charge in [0.25, 0.3) is 0 Å². The standard InChI is InChI=1S/C11H12F2N2O2/c12-10(13)17-9-5-3-8(4-6-9)15-11(16)14-7-1-2-7/h3-7,10H,1-2H2,(H2,14,15,16). The average molecular weight is 242 g/mol. The molecule has 0 heterocycles. The Balaban J connectivity index is 1.86. The van der Waals surface area contributed by atoms with Crippen LogP contribution in [0.15, 0.2) is 24.3 Å². The number of carbonyl (C=O) groups is 1. The number of anilines is 1. The Kier molecular flexibility index (Phi) is 3.41. The minimum absolute atomic E-state index is 0.0631. The van der Waals surface area contributed by atoms with E-state index in [1.54, 1.807) is 0 Å². The van der Waals surface area contributed by atoms with Gasteiger partial charge in [-0.1, -0.05) is 0 Å². The molecule has 6 heteroatoms. The lowest BCUT2D eigenvalue weighted by atomic mass is 10.3. The molecule has 2 rings (SSSR count). The molecule has 1 fully saturated rings. The van der Waals surface area contributed by atoms with Crippen molar-refractivity contribution in [2.75, 3.05) is 5.32 Å². The number of carbonyl (C=O) groups excluding carboxylic acids is 1. The van der Waals surface area contributed by atoms with Gasteiger partial charge in [-0.25, -0.2) is 4.79 Å². The molecule has 2 N–H and O–H groups in total. The van der Waals surface area contributed by atoms with E-state index in [4.69, 9.17) is 0 Å². The van der Waals surface area contributed by atoms with Gasteiger partial charge in [0.2, 0.25) is 0 Å². The van der Waals surface area contributed by atoms with Crippen molar-refractivity contribution in [1.82, 2.24) is 5.32 Å². The lowest BCUT2D eigenvalue weighted by molar-refractivity contribution is -0.0498. The van der Waals surface area contributed by atoms with Crippen molar-refractivity contribution in [3.8, 4) is 5.75 Å². The molecule has 0 saturated heterocycles. The van der Waals surface area contributed by atoms with E-state index in [9.17, 15) is 13.6 Å². The third-order valence-electron chi connectivity index (χ3n) is 2.25. The minimum atomic E-state index is -2.84. The second kappa shape index (κ2) is 4.99. The van der Waals surface area contributed by atoms with Gasteiger partial charge in [0.1, 0.15) is 5.75 Å². The Morgan fingerprint density at radius 1 is 1.29 bits per heavy atom. The zero-order chi connectivity index (χ0) is 12.3. The molecule has 2 amide bonds. The van der Waals surface area contributed by atoms with Gasteiger partial charge in [-0.15, -0.1) is 0 Å². The number of rotatable bonds is 4. The summed E-state index contributed by atoms with van der Waals surface area (Å²) in [6, 6.07) is 5.75. The van der Waals surface area contributed by atoms with E-state index in [0.717, 1.165) is 12.8 Å². The van der Waals surface area contributed by atoms with Crippen LogP contribution in [-0.4, -0.2) is 18.7 Å². The monoisotopic (exact) mass is 242 g/mol. The summed E-state index contributed by atoms with van der Waals surface area (Å²) in [7, 11) is 0. The first kappa shape index (κ1) is 11.6. The summed E-state index contributed by atoms with van der Waals surface area (Å²) in [5.41, 5.74) is 0.532. The van der Waals surface area contributed by atoms with Crippen LogP contribution < -0.4 is 15.4 Å². The molecule has 1 aliphatic carbocycles. The maximum absolute atomic E-state index is 11.9. The van der Waals surface area contributed by atoms with Gasteiger partial charge in [0, 0.05) is 11.7 Å². The quantitative estimate of drug-likeness (QED) is 0.852. The Bertz CT molecular complexity index is 391. The lowest BCUT2D eigenvalue weighted by Crippen LogP contribution is -2.30. The van der Waals surface area contributed by atoms with Crippen LogP contribution >= 0.6 is 0 Å². The fourth-order valence-electron chi connectivity index (χ4n) is 1.30. The van der Waals surface area contributed by atoms with E-state index >= 15 is 0 Å². The van der Waals surface area contributed by atoms with Gasteiger partial charge in [-0.05, 0) is 37.1 Å². The molecule has 0 unspecified atom stereocenters. The number of amides is 2. The number of hydrogen-bond acceptors (Lipinski definition) is 2. The van der Waals surface area contributed by atoms with E-state index in [2.05, 4.69) is 15.4 Å². The highest BCUT2D eigenvalue weighted by Crippen LogP contribution is 2.20. The number of alkyl halides is 2. The van der Waals surface area contributed by atoms with Gasteiger partial charge in [-0.3, -0.25) is 0 Å². The largest absolute Gasteiger partial charge is 0.435 e. The van der Waals surface area contributed by atoms with Crippen molar-refractivity contribution in [3.63, 3.8) is 0 Å². The first-order valence-electron chi connectivity index (χ1n) is 5.26. The van der Waals surface area contributed by atoms with Crippen LogP contribution in [0.2, 0.25) is 0 Å². The highest BCUT2D eigenvalue weighted by atomic mass is 19.3. The van der Waals surface area contributed by atoms with E-state index in [1.165, 1.54) is 24.3 Å². The third-order valence-corrected chi connectivity index (χ3v) is 2.25. The van der Waals surface area contributed by atoms with Crippen molar-refractivity contribution in [2.24, 2.45) is 0 Å². The number of benzene rings is 1. The molecule has 1 aromatic carbocycles. The molecule has 1 aromatic rings. The van der Waals surface area contributed by atoms with E-state index in [-0.39, 0.29) is 17.8 Å². The number of hydrogen-bond donors (Lipinski definition) is 2. The fourth-order valence-corrected chi connectivity index (χ4v) is 1.30. The summed E-state index contributed by atoms with van der Waals surface area (Å²) in [5.74, 6) is 0.0631. The molecule has 17 heavy (non-hydrogen) atoms. The van der Waals surface area contributed by atoms with Crippen molar-refractivity contribution in [3.05, 3.63) is 24.3 Å². The van der Waals surface area contributed by atoms with Gasteiger partial charge >= 0.3 is 12.6 Å². The lowest BCUT2D eigenvalue weighted by Gasteiger charge is -2.08. The first-order chi connectivity index (χ1) is 8.13. The predicted octanol–water partition coefficient (Wildman–Crippen LogP) is 2.57. The van der Waals surface area contributed by atoms with Crippen molar-refractivity contribution in [2.45, 2.75) is 25.5 Å². The molecule has 0 aromatic heterocycles. The Morgan fingerprint density at radius 2 is 1.94 bits per heavy atom. The molecule has 0 spiro atoms. The number of nitrogens with one attached hydrogen (secondary N) is 2. The first-order valence-corrected chi connectivity index (χ1v) is 5.26. The molecule has 0 aliphatic heterocycles. The summed E-state index contributed by atoms with van der Waals surface area (Å²) in [5, 5.41) is 5.35. The smallest absolute Gasteiger partial charge is 0.387 e. The average Bonchev–Trinajstić information content (AvgIpc) is 3.04. The van der Waals surface area contributed by atoms with Crippen LogP contribution in [0.4, 0.5) is 19.3 Å². The maximum Gasteiger partial charge on any atom is 0.387 e. The van der Waals surface area contributed by atoms with Crippen LogP contribution in [0.5, 0.6) is 5.75 Å². The maximum atomic E-state index is 11.9. The molecular weight excluding hydrogens is 230 g/mol. The molecule has 92 valence electrons. The molecule has 0 bridgehead atoms. The highest BCUT2D eigenvalue weighted by molar-refractivity contribution is 5.89. The van der Waals surface area contributed by atoms with Crippen molar-refractivity contribution < 1.29 is 18.3 Å². The molecule has 4 nitrogen and oxygen atoms in total. The Labute approximate surface area is 97.0 Å². The van der Waals surface area contributed by atoms with Gasteiger partial charge < -0.3 is 15.4 Å². The normalized spacial score (nSPS) is 14.5. The topological polar surface area (TPSA) is 50.4 Å². The predicted molar refractivity (Wildman–Crippen MR) is 58.3 cm³/mol. The van der Waals surface area contributed by atoms with E-state index in [1.807, 2.05) is 0 Å². The summed E-state index contributed by atoms with van der Waals surface area (Å²) < 4.78 is 27.9. The van der Waals surface area contributed by atoms with E-state index in [0.29, 0.717) is 5.69 Å². The van der Waals surface area contributed by atoms with Gasteiger partial charge in [-0.2, -0.15) is 8.78 Å². The zero-order valence-corrected chi connectivity index (χ0v) is 8.95. The van der Waals surface area contributed by atoms with Crippen molar-refractivity contribution >= 4 is 11.7 Å². The Hall–Kier alpha value is -1.85. The summed E-state index contributed by atoms with van der Waals surface area (Å²) >= 11 is 0. The molecule has 1 aliphatic rings. The summed E-state index contributed by atoms with van der Waals surface area (Å²) in [6.45, 7) is -2.84. The van der Waals surface area contributed by atoms with Crippen molar-refractivity contribution in [1.29, 1.82) is 0 Å². The van der Waals surface area contributed by atoms with Crippen LogP contribution in [-0.2, 0) is 0 Å². The number of halogens is 2. The molecule has 1 saturated carbocycles. The summed E-state index contributed by atoms with van der Waals surface area (Å²) in [4.78, 5) is 11.4. The summed E-state index contributed by atoms with van der Waals surface area (Å²) in [6.07, 6.45) is 2.02. The van der Waals surface area contributed by atoms with E-state index < -0.39 is 6.61 Å². The van der Waals surface area contributed by atoms with Gasteiger partial charge in [0.05, 0.1) is 0 Å². The second-order valence-electron chi connectivity index (χ2n) is 3.78. The van der Waals surface area contributed by atoms with Crippen LogP contribution in [0.3, 0.4) is 0 Å². The third kappa shape index (κ3) is 3.90. The van der Waals surface area contributed by atoms with Crippen LogP contribution in [0, 0.1) is 0 Å². The number of urea groups is 1.